The fraction of sp³-hybridized carbons (Fsp3) is 1.00. The molecule has 0 radical (unpaired) electrons. The first-order chi connectivity index (χ1) is 2.27. The number of aliphatic hydroxyl groups excluding tert-OH is 1. The molecule has 0 aromatic rings. The molecule has 2 nitrogen and oxygen atoms in total. The SMILES string of the molecule is CN(Cl)CO. The lowest BCUT2D eigenvalue weighted by Gasteiger charge is -1.94. The van der Waals surface area contributed by atoms with E-state index in [1.165, 1.54) is 0 Å². The molecule has 0 aromatic carbocycles. The molecule has 5 heavy (non-hydrogen) atoms. The Bertz CT molecular complexity index is 23.6. The Balaban J connectivity index is 2.54. The van der Waals surface area contributed by atoms with Crippen LogP contribution in [0.15, 0.2) is 0 Å². The summed E-state index contributed by atoms with van der Waals surface area (Å²) in [6.45, 7) is -0.0957. The Morgan fingerprint density at radius 1 is 2.00 bits per heavy atom. The molecular formula is C2H6ClNO. The van der Waals surface area contributed by atoms with Crippen molar-refractivity contribution >= 4 is 11.8 Å². The molecule has 1 N–H and O–H groups in total. The zero-order valence-corrected chi connectivity index (χ0v) is 3.74. The van der Waals surface area contributed by atoms with Gasteiger partial charge >= 0.3 is 0 Å². The number of halogens is 1. The Hall–Kier alpha value is 0.210. The molecule has 0 unspecified atom stereocenters. The second-order valence-electron chi connectivity index (χ2n) is 0.746. The van der Waals surface area contributed by atoms with Crippen molar-refractivity contribution in [3.63, 3.8) is 0 Å². The first-order valence-corrected chi connectivity index (χ1v) is 1.59. The van der Waals surface area contributed by atoms with Crippen LogP contribution in [0, 0.1) is 0 Å². The third-order valence-corrected chi connectivity index (χ3v) is 0.302. The van der Waals surface area contributed by atoms with Crippen LogP contribution in [0.5, 0.6) is 0 Å². The van der Waals surface area contributed by atoms with Crippen LogP contribution in [0.1, 0.15) is 0 Å². The van der Waals surface area contributed by atoms with Gasteiger partial charge in [0.15, 0.2) is 0 Å². The number of hydrogen-bond acceptors (Lipinski definition) is 2. The molecular weight excluding hydrogens is 89.5 g/mol. The molecule has 0 fully saturated rings. The Morgan fingerprint density at radius 3 is 2.20 bits per heavy atom. The van der Waals surface area contributed by atoms with Gasteiger partial charge in [-0.3, -0.25) is 0 Å². The fourth-order valence-electron chi connectivity index (χ4n) is 0. The van der Waals surface area contributed by atoms with Gasteiger partial charge in [-0.15, -0.1) is 0 Å². The second-order valence-corrected chi connectivity index (χ2v) is 1.32. The zero-order chi connectivity index (χ0) is 4.28. The monoisotopic (exact) mass is 95.0 g/mol. The smallest absolute Gasteiger partial charge is 0.109 e. The maximum Gasteiger partial charge on any atom is 0.109 e. The maximum atomic E-state index is 7.94. The lowest BCUT2D eigenvalue weighted by molar-refractivity contribution is 0.204. The zero-order valence-electron chi connectivity index (χ0n) is 2.98. The van der Waals surface area contributed by atoms with Gasteiger partial charge in [-0.1, -0.05) is 0 Å². The van der Waals surface area contributed by atoms with E-state index in [0.29, 0.717) is 0 Å². The lowest BCUT2D eigenvalue weighted by atomic mass is 11.2. The van der Waals surface area contributed by atoms with Crippen LogP contribution in [0.2, 0.25) is 0 Å². The summed E-state index contributed by atoms with van der Waals surface area (Å²) < 4.78 is 1.15. The van der Waals surface area contributed by atoms with Crippen molar-refractivity contribution in [2.24, 2.45) is 0 Å². The third kappa shape index (κ3) is 4.21. The highest BCUT2D eigenvalue weighted by molar-refractivity contribution is 6.13. The number of hydrogen-bond donors (Lipinski definition) is 1. The molecule has 0 aliphatic rings. The Labute approximate surface area is 36.1 Å². The van der Waals surface area contributed by atoms with Crippen LogP contribution in [-0.4, -0.2) is 23.3 Å². The minimum atomic E-state index is -0.0957. The molecule has 0 amide bonds. The van der Waals surface area contributed by atoms with Crippen molar-refractivity contribution in [3.05, 3.63) is 0 Å². The lowest BCUT2D eigenvalue weighted by Crippen LogP contribution is -2.03. The van der Waals surface area contributed by atoms with E-state index < -0.39 is 0 Å². The summed E-state index contributed by atoms with van der Waals surface area (Å²) in [5.41, 5.74) is 0. The highest BCUT2D eigenvalue weighted by Gasteiger charge is 1.77. The van der Waals surface area contributed by atoms with Crippen molar-refractivity contribution in [3.8, 4) is 0 Å². The van der Waals surface area contributed by atoms with E-state index in [2.05, 4.69) is 0 Å². The highest BCUT2D eigenvalue weighted by Crippen LogP contribution is 1.78. The van der Waals surface area contributed by atoms with Crippen molar-refractivity contribution in [1.82, 2.24) is 4.42 Å². The third-order valence-electron chi connectivity index (χ3n) is 0.195. The van der Waals surface area contributed by atoms with Crippen molar-refractivity contribution < 1.29 is 5.11 Å². The van der Waals surface area contributed by atoms with Gasteiger partial charge in [-0.05, 0) is 11.8 Å². The first-order valence-electron chi connectivity index (χ1n) is 1.25. The van der Waals surface area contributed by atoms with Crippen LogP contribution in [0.4, 0.5) is 0 Å². The van der Waals surface area contributed by atoms with Crippen LogP contribution in [0.3, 0.4) is 0 Å². The summed E-state index contributed by atoms with van der Waals surface area (Å²) in [6.07, 6.45) is 0. The molecule has 0 rings (SSSR count). The quantitative estimate of drug-likeness (QED) is 0.367. The van der Waals surface area contributed by atoms with Crippen molar-refractivity contribution in [2.75, 3.05) is 13.8 Å². The van der Waals surface area contributed by atoms with E-state index in [-0.39, 0.29) is 6.73 Å². The minimum absolute atomic E-state index is 0.0957. The molecule has 0 aromatic heterocycles. The van der Waals surface area contributed by atoms with Crippen LogP contribution in [0.25, 0.3) is 0 Å². The molecule has 0 atom stereocenters. The number of nitrogens with zero attached hydrogens (tertiary/aromatic N) is 1. The van der Waals surface area contributed by atoms with Gasteiger partial charge in [0.05, 0.1) is 0 Å². The summed E-state index contributed by atoms with van der Waals surface area (Å²) >= 11 is 5.05. The van der Waals surface area contributed by atoms with E-state index in [1.54, 1.807) is 7.05 Å². The van der Waals surface area contributed by atoms with E-state index in [1.807, 2.05) is 0 Å². The average Bonchev–Trinajstić information content (AvgIpc) is 1.38. The van der Waals surface area contributed by atoms with Gasteiger partial charge < -0.3 is 5.11 Å². The molecule has 0 aliphatic carbocycles. The van der Waals surface area contributed by atoms with Gasteiger partial charge in [0, 0.05) is 7.05 Å². The van der Waals surface area contributed by atoms with Crippen molar-refractivity contribution in [1.29, 1.82) is 0 Å². The Morgan fingerprint density at radius 2 is 2.20 bits per heavy atom. The topological polar surface area (TPSA) is 23.5 Å². The largest absolute Gasteiger partial charge is 0.380 e. The van der Waals surface area contributed by atoms with Crippen LogP contribution in [-0.2, 0) is 0 Å². The second kappa shape index (κ2) is 2.45. The highest BCUT2D eigenvalue weighted by atomic mass is 35.5. The van der Waals surface area contributed by atoms with Crippen LogP contribution < -0.4 is 0 Å². The minimum Gasteiger partial charge on any atom is -0.380 e. The molecule has 0 heterocycles. The standard InChI is InChI=1S/C2H6ClNO/c1-4(3)2-5/h5H,2H2,1H3. The number of aliphatic hydroxyl groups is 1. The fourth-order valence-corrected chi connectivity index (χ4v) is 0. The molecule has 3 heteroatoms. The van der Waals surface area contributed by atoms with Gasteiger partial charge in [-0.2, -0.15) is 4.42 Å². The molecule has 0 spiro atoms. The van der Waals surface area contributed by atoms with E-state index in [0.717, 1.165) is 4.42 Å². The summed E-state index contributed by atoms with van der Waals surface area (Å²) in [7, 11) is 1.57. The van der Waals surface area contributed by atoms with Crippen molar-refractivity contribution in [2.45, 2.75) is 0 Å². The summed E-state index contributed by atoms with van der Waals surface area (Å²) in [4.78, 5) is 0. The Kier molecular flexibility index (Phi) is 2.55. The van der Waals surface area contributed by atoms with Gasteiger partial charge in [0.25, 0.3) is 0 Å². The molecule has 0 saturated carbocycles. The molecule has 32 valence electrons. The summed E-state index contributed by atoms with van der Waals surface area (Å²) in [5.74, 6) is 0. The summed E-state index contributed by atoms with van der Waals surface area (Å²) in [6, 6.07) is 0. The van der Waals surface area contributed by atoms with Crippen LogP contribution >= 0.6 is 11.8 Å². The van der Waals surface area contributed by atoms with E-state index in [4.69, 9.17) is 16.9 Å². The number of rotatable bonds is 1. The van der Waals surface area contributed by atoms with E-state index >= 15 is 0 Å². The maximum absolute atomic E-state index is 7.94. The average molecular weight is 95.5 g/mol. The normalized spacial score (nSPS) is 9.60. The summed E-state index contributed by atoms with van der Waals surface area (Å²) in [5, 5.41) is 7.94. The first kappa shape index (κ1) is 5.21. The predicted molar refractivity (Wildman–Crippen MR) is 20.7 cm³/mol. The molecule has 0 saturated heterocycles. The predicted octanol–water partition coefficient (Wildman–Crippen LogP) is 0.0218. The molecule has 0 bridgehead atoms. The van der Waals surface area contributed by atoms with Gasteiger partial charge in [0.1, 0.15) is 6.73 Å². The van der Waals surface area contributed by atoms with Gasteiger partial charge in [0.2, 0.25) is 0 Å². The molecule has 0 aliphatic heterocycles. The van der Waals surface area contributed by atoms with E-state index in [9.17, 15) is 0 Å². The van der Waals surface area contributed by atoms with Gasteiger partial charge in [-0.25, -0.2) is 0 Å².